The molecule has 0 aromatic rings. The van der Waals surface area contributed by atoms with Crippen LogP contribution in [0, 0.1) is 35.5 Å². The van der Waals surface area contributed by atoms with Gasteiger partial charge in [0.1, 0.15) is 11.7 Å². The van der Waals surface area contributed by atoms with Crippen LogP contribution < -0.4 is 0 Å². The number of carbonyl (C=O) groups is 2. The predicted molar refractivity (Wildman–Crippen MR) is 122 cm³/mol. The van der Waals surface area contributed by atoms with Gasteiger partial charge in [0.15, 0.2) is 0 Å². The lowest BCUT2D eigenvalue weighted by Crippen LogP contribution is -2.36. The van der Waals surface area contributed by atoms with E-state index in [-0.39, 0.29) is 11.8 Å². The molecule has 0 amide bonds. The van der Waals surface area contributed by atoms with Gasteiger partial charge in [-0.2, -0.15) is 0 Å². The van der Waals surface area contributed by atoms with Crippen molar-refractivity contribution in [3.63, 3.8) is 0 Å². The van der Waals surface area contributed by atoms with Crippen LogP contribution in [-0.4, -0.2) is 18.4 Å². The van der Waals surface area contributed by atoms with E-state index in [1.54, 1.807) is 0 Å². The Hall–Kier alpha value is -0.860. The maximum atomic E-state index is 12.7. The highest BCUT2D eigenvalue weighted by Crippen LogP contribution is 2.45. The van der Waals surface area contributed by atoms with Crippen molar-refractivity contribution in [1.82, 2.24) is 0 Å². The summed E-state index contributed by atoms with van der Waals surface area (Å²) >= 11 is 0. The van der Waals surface area contributed by atoms with Crippen molar-refractivity contribution in [2.75, 3.05) is 6.61 Å². The molecule has 30 heavy (non-hydrogen) atoms. The highest BCUT2D eigenvalue weighted by molar-refractivity contribution is 5.99. The van der Waals surface area contributed by atoms with Gasteiger partial charge in [-0.3, -0.25) is 9.59 Å². The number of esters is 1. The van der Waals surface area contributed by atoms with E-state index in [9.17, 15) is 9.59 Å². The molecule has 0 heterocycles. The van der Waals surface area contributed by atoms with Crippen molar-refractivity contribution in [3.05, 3.63) is 0 Å². The molecule has 3 saturated carbocycles. The number of unbranched alkanes of at least 4 members (excludes halogenated alkanes) is 2. The average molecular weight is 419 g/mol. The van der Waals surface area contributed by atoms with Crippen LogP contribution in [-0.2, 0) is 14.3 Å². The van der Waals surface area contributed by atoms with Gasteiger partial charge >= 0.3 is 5.97 Å². The normalized spacial score (nSPS) is 35.2. The molecule has 0 radical (unpaired) electrons. The van der Waals surface area contributed by atoms with Crippen LogP contribution in [0.4, 0.5) is 0 Å². The van der Waals surface area contributed by atoms with E-state index >= 15 is 0 Å². The Morgan fingerprint density at radius 1 is 0.767 bits per heavy atom. The minimum atomic E-state index is -0.475. The summed E-state index contributed by atoms with van der Waals surface area (Å²) in [7, 11) is 0. The maximum absolute atomic E-state index is 12.7. The first-order valence-electron chi connectivity index (χ1n) is 13.3. The fourth-order valence-corrected chi connectivity index (χ4v) is 6.77. The zero-order valence-corrected chi connectivity index (χ0v) is 19.7. The number of hydrogen-bond donors (Lipinski definition) is 0. The van der Waals surface area contributed by atoms with Crippen LogP contribution in [0.3, 0.4) is 0 Å². The molecule has 3 rings (SSSR count). The van der Waals surface area contributed by atoms with Gasteiger partial charge in [0.2, 0.25) is 0 Å². The Kier molecular flexibility index (Phi) is 9.71. The molecule has 172 valence electrons. The van der Waals surface area contributed by atoms with E-state index in [2.05, 4.69) is 13.8 Å². The van der Waals surface area contributed by atoms with E-state index in [1.807, 2.05) is 0 Å². The van der Waals surface area contributed by atoms with E-state index in [0.717, 1.165) is 49.9 Å². The van der Waals surface area contributed by atoms with Gasteiger partial charge in [-0.1, -0.05) is 52.4 Å². The van der Waals surface area contributed by atoms with Crippen LogP contribution in [0.5, 0.6) is 0 Å². The highest BCUT2D eigenvalue weighted by Gasteiger charge is 2.39. The first-order chi connectivity index (χ1) is 14.6. The van der Waals surface area contributed by atoms with Gasteiger partial charge in [-0.25, -0.2) is 0 Å². The first-order valence-corrected chi connectivity index (χ1v) is 13.3. The van der Waals surface area contributed by atoms with Crippen molar-refractivity contribution in [1.29, 1.82) is 0 Å². The first kappa shape index (κ1) is 23.8. The number of ether oxygens (including phenoxy) is 1. The number of rotatable bonds is 9. The predicted octanol–water partition coefficient (Wildman–Crippen LogP) is 7.12. The molecule has 0 aromatic carbocycles. The zero-order valence-electron chi connectivity index (χ0n) is 19.7. The Morgan fingerprint density at radius 3 is 1.90 bits per heavy atom. The summed E-state index contributed by atoms with van der Waals surface area (Å²) in [4.78, 5) is 25.0. The monoisotopic (exact) mass is 418 g/mol. The molecule has 0 spiro atoms. The quantitative estimate of drug-likeness (QED) is 0.227. The number of hydrogen-bond acceptors (Lipinski definition) is 3. The Labute approximate surface area is 185 Å². The molecule has 3 heteroatoms. The van der Waals surface area contributed by atoms with Gasteiger partial charge in [0.25, 0.3) is 0 Å². The molecule has 3 nitrogen and oxygen atoms in total. The molecule has 3 aliphatic rings. The van der Waals surface area contributed by atoms with E-state index in [1.165, 1.54) is 64.2 Å². The summed E-state index contributed by atoms with van der Waals surface area (Å²) in [5.74, 6) is 3.57. The van der Waals surface area contributed by atoms with Gasteiger partial charge in [0.05, 0.1) is 6.61 Å². The third-order valence-corrected chi connectivity index (χ3v) is 8.69. The third-order valence-electron chi connectivity index (χ3n) is 8.69. The minimum absolute atomic E-state index is 0.156. The summed E-state index contributed by atoms with van der Waals surface area (Å²) in [5, 5.41) is 0. The zero-order chi connectivity index (χ0) is 21.3. The minimum Gasteiger partial charge on any atom is -0.465 e. The van der Waals surface area contributed by atoms with Crippen LogP contribution >= 0.6 is 0 Å². The summed E-state index contributed by atoms with van der Waals surface area (Å²) < 4.78 is 5.38. The van der Waals surface area contributed by atoms with Crippen molar-refractivity contribution in [3.8, 4) is 0 Å². The van der Waals surface area contributed by atoms with Gasteiger partial charge in [0, 0.05) is 6.42 Å². The lowest BCUT2D eigenvalue weighted by molar-refractivity contribution is -0.154. The molecule has 3 aliphatic carbocycles. The number of ketones is 1. The largest absolute Gasteiger partial charge is 0.465 e. The second-order valence-electron chi connectivity index (χ2n) is 10.7. The average Bonchev–Trinajstić information content (AvgIpc) is 2.77. The summed E-state index contributed by atoms with van der Waals surface area (Å²) in [6.07, 6.45) is 19.5. The fraction of sp³-hybridized carbons (Fsp3) is 0.926. The SMILES string of the molecule is CCCCCOC(=O)C1CCC(C2CCC([C@H]3CC[C@H](CCC)CC3)CC2)CC1=O. The molecule has 0 aromatic heterocycles. The smallest absolute Gasteiger partial charge is 0.316 e. The van der Waals surface area contributed by atoms with Crippen molar-refractivity contribution < 1.29 is 14.3 Å². The van der Waals surface area contributed by atoms with E-state index in [0.29, 0.717) is 24.9 Å². The van der Waals surface area contributed by atoms with E-state index < -0.39 is 5.92 Å². The van der Waals surface area contributed by atoms with Crippen molar-refractivity contribution >= 4 is 11.8 Å². The summed E-state index contributed by atoms with van der Waals surface area (Å²) in [6, 6.07) is 0. The van der Waals surface area contributed by atoms with Crippen LogP contribution in [0.1, 0.15) is 117 Å². The number of Topliss-reactive ketones (excluding diaryl/α,β-unsaturated/α-hetero) is 1. The Balaban J connectivity index is 1.37. The van der Waals surface area contributed by atoms with Gasteiger partial charge in [-0.05, 0) is 87.4 Å². The molecular formula is C27H46O3. The maximum Gasteiger partial charge on any atom is 0.316 e. The van der Waals surface area contributed by atoms with E-state index in [4.69, 9.17) is 4.74 Å². The second-order valence-corrected chi connectivity index (χ2v) is 10.7. The Morgan fingerprint density at radius 2 is 1.33 bits per heavy atom. The Bertz CT molecular complexity index is 526. The molecule has 0 bridgehead atoms. The van der Waals surface area contributed by atoms with Crippen LogP contribution in [0.2, 0.25) is 0 Å². The summed E-state index contributed by atoms with van der Waals surface area (Å²) in [6.45, 7) is 4.94. The lowest BCUT2D eigenvalue weighted by Gasteiger charge is -2.41. The molecule has 0 N–H and O–H groups in total. The van der Waals surface area contributed by atoms with Crippen molar-refractivity contribution in [2.45, 2.75) is 117 Å². The third kappa shape index (κ3) is 6.57. The molecule has 2 unspecified atom stereocenters. The van der Waals surface area contributed by atoms with Crippen LogP contribution in [0.25, 0.3) is 0 Å². The number of carbonyl (C=O) groups excluding carboxylic acids is 2. The highest BCUT2D eigenvalue weighted by atomic mass is 16.5. The van der Waals surface area contributed by atoms with Gasteiger partial charge in [-0.15, -0.1) is 0 Å². The summed E-state index contributed by atoms with van der Waals surface area (Å²) in [5.41, 5.74) is 0. The fourth-order valence-electron chi connectivity index (χ4n) is 6.77. The second kappa shape index (κ2) is 12.2. The molecular weight excluding hydrogens is 372 g/mol. The standard InChI is InChI=1S/C27H46O3/c1-3-5-6-18-30-27(29)25-17-16-24(19-26(25)28)23-14-12-22(13-15-23)21-10-8-20(7-4-2)9-11-21/h20-25H,3-19H2,1-2H3/t20-,21-,22?,23?,24?,25?. The molecule has 3 fully saturated rings. The van der Waals surface area contributed by atoms with Crippen LogP contribution in [0.15, 0.2) is 0 Å². The molecule has 2 atom stereocenters. The van der Waals surface area contributed by atoms with Crippen molar-refractivity contribution in [2.24, 2.45) is 35.5 Å². The molecule has 0 aliphatic heterocycles. The van der Waals surface area contributed by atoms with Gasteiger partial charge < -0.3 is 4.74 Å². The molecule has 0 saturated heterocycles. The topological polar surface area (TPSA) is 43.4 Å². The lowest BCUT2D eigenvalue weighted by atomic mass is 9.64.